The summed E-state index contributed by atoms with van der Waals surface area (Å²) in [5, 5.41) is 1.18. The first-order chi connectivity index (χ1) is 17.2. The lowest BCUT2D eigenvalue weighted by molar-refractivity contribution is -0.119. The highest BCUT2D eigenvalue weighted by Gasteiger charge is 2.27. The summed E-state index contributed by atoms with van der Waals surface area (Å²) in [4.78, 5) is 36.2. The van der Waals surface area contributed by atoms with E-state index in [1.54, 1.807) is 12.1 Å². The molecule has 0 aromatic heterocycles. The fraction of sp³-hybridized carbons (Fsp3) is 0.458. The summed E-state index contributed by atoms with van der Waals surface area (Å²) in [7, 11) is -4.69. The molecule has 196 valence electrons. The van der Waals surface area contributed by atoms with Crippen LogP contribution in [0.5, 0.6) is 5.75 Å². The van der Waals surface area contributed by atoms with Gasteiger partial charge in [0.25, 0.3) is 0 Å². The van der Waals surface area contributed by atoms with E-state index in [4.69, 9.17) is 37.7 Å². The van der Waals surface area contributed by atoms with Gasteiger partial charge in [-0.25, -0.2) is 4.57 Å². The Morgan fingerprint density at radius 1 is 0.972 bits per heavy atom. The Hall–Kier alpha value is -1.84. The molecule has 0 saturated carbocycles. The van der Waals surface area contributed by atoms with E-state index in [0.717, 1.165) is 56.8 Å². The van der Waals surface area contributed by atoms with Crippen molar-refractivity contribution in [2.24, 2.45) is 0 Å². The second-order valence-electron chi connectivity index (χ2n) is 8.82. The van der Waals surface area contributed by atoms with Crippen molar-refractivity contribution in [3.63, 3.8) is 0 Å². The molecule has 4 rings (SSSR count). The standard InChI is InChI=1S/C24H30Cl2N3O6P/c25-20-4-3-5-21(24(20)26)28-13-11-27(12-14-28)10-1-2-15-34-19-8-6-18-7-9-23(30)29(22(18)16-19)17-35-36(31,32)33/h3-6,8,16H,1-2,7,9-15,17H2,(H2,31,32,33). The molecule has 0 bridgehead atoms. The Labute approximate surface area is 220 Å². The summed E-state index contributed by atoms with van der Waals surface area (Å²) in [6, 6.07) is 11.2. The van der Waals surface area contributed by atoms with Crippen LogP contribution in [-0.2, 0) is 20.3 Å². The Kier molecular flexibility index (Phi) is 9.17. The average molecular weight is 558 g/mol. The van der Waals surface area contributed by atoms with Gasteiger partial charge in [0.1, 0.15) is 12.5 Å². The predicted octanol–water partition coefficient (Wildman–Crippen LogP) is 4.32. The van der Waals surface area contributed by atoms with Crippen molar-refractivity contribution in [3.8, 4) is 5.75 Å². The molecule has 0 unspecified atom stereocenters. The van der Waals surface area contributed by atoms with Crippen molar-refractivity contribution in [1.82, 2.24) is 4.90 Å². The Balaban J connectivity index is 1.21. The number of phosphoric acid groups is 1. The van der Waals surface area contributed by atoms with Gasteiger partial charge < -0.3 is 19.4 Å². The third kappa shape index (κ3) is 7.13. The van der Waals surface area contributed by atoms with Crippen LogP contribution in [0, 0.1) is 0 Å². The minimum atomic E-state index is -4.69. The molecule has 0 aliphatic carbocycles. The van der Waals surface area contributed by atoms with E-state index in [2.05, 4.69) is 14.3 Å². The van der Waals surface area contributed by atoms with Crippen LogP contribution in [0.4, 0.5) is 11.4 Å². The van der Waals surface area contributed by atoms with Crippen LogP contribution in [0.1, 0.15) is 24.8 Å². The molecule has 36 heavy (non-hydrogen) atoms. The van der Waals surface area contributed by atoms with E-state index in [1.165, 1.54) is 4.90 Å². The lowest BCUT2D eigenvalue weighted by Gasteiger charge is -2.36. The number of fused-ring (bicyclic) bond motifs is 1. The van der Waals surface area contributed by atoms with Crippen molar-refractivity contribution in [2.75, 3.05) is 55.9 Å². The zero-order valence-electron chi connectivity index (χ0n) is 19.8. The summed E-state index contributed by atoms with van der Waals surface area (Å²) < 4.78 is 21.5. The van der Waals surface area contributed by atoms with Gasteiger partial charge in [-0.3, -0.25) is 19.1 Å². The number of aryl methyl sites for hydroxylation is 1. The first kappa shape index (κ1) is 27.2. The molecule has 9 nitrogen and oxygen atoms in total. The molecule has 1 fully saturated rings. The van der Waals surface area contributed by atoms with E-state index in [9.17, 15) is 9.36 Å². The van der Waals surface area contributed by atoms with E-state index in [1.807, 2.05) is 24.3 Å². The lowest BCUT2D eigenvalue weighted by Crippen LogP contribution is -2.46. The minimum absolute atomic E-state index is 0.245. The second kappa shape index (κ2) is 12.1. The van der Waals surface area contributed by atoms with Gasteiger partial charge in [-0.2, -0.15) is 0 Å². The van der Waals surface area contributed by atoms with Crippen molar-refractivity contribution in [1.29, 1.82) is 0 Å². The number of phosphoric ester groups is 1. The summed E-state index contributed by atoms with van der Waals surface area (Å²) in [6.45, 7) is 4.70. The highest BCUT2D eigenvalue weighted by atomic mass is 35.5. The second-order valence-corrected chi connectivity index (χ2v) is 10.8. The lowest BCUT2D eigenvalue weighted by atomic mass is 10.0. The van der Waals surface area contributed by atoms with Crippen LogP contribution in [0.25, 0.3) is 0 Å². The van der Waals surface area contributed by atoms with Crippen LogP contribution in [0.2, 0.25) is 10.0 Å². The zero-order valence-corrected chi connectivity index (χ0v) is 22.2. The van der Waals surface area contributed by atoms with Gasteiger partial charge in [0, 0.05) is 38.7 Å². The van der Waals surface area contributed by atoms with Crippen LogP contribution < -0.4 is 14.5 Å². The zero-order chi connectivity index (χ0) is 25.7. The van der Waals surface area contributed by atoms with Gasteiger partial charge in [-0.05, 0) is 49.6 Å². The minimum Gasteiger partial charge on any atom is -0.494 e. The number of amides is 1. The molecular formula is C24H30Cl2N3O6P. The van der Waals surface area contributed by atoms with Gasteiger partial charge >= 0.3 is 7.82 Å². The molecule has 2 aromatic carbocycles. The first-order valence-electron chi connectivity index (χ1n) is 11.9. The molecule has 0 atom stereocenters. The summed E-state index contributed by atoms with van der Waals surface area (Å²) >= 11 is 12.5. The highest BCUT2D eigenvalue weighted by molar-refractivity contribution is 7.46. The topological polar surface area (TPSA) is 103 Å². The monoisotopic (exact) mass is 557 g/mol. The maximum absolute atomic E-state index is 12.3. The quantitative estimate of drug-likeness (QED) is 0.329. The fourth-order valence-electron chi connectivity index (χ4n) is 4.46. The molecule has 1 saturated heterocycles. The van der Waals surface area contributed by atoms with Crippen LogP contribution in [0.15, 0.2) is 36.4 Å². The van der Waals surface area contributed by atoms with E-state index < -0.39 is 14.6 Å². The maximum Gasteiger partial charge on any atom is 0.471 e. The summed E-state index contributed by atoms with van der Waals surface area (Å²) in [5.41, 5.74) is 2.46. The molecule has 1 amide bonds. The number of piperazine rings is 1. The maximum atomic E-state index is 12.3. The summed E-state index contributed by atoms with van der Waals surface area (Å²) in [6.07, 6.45) is 2.70. The average Bonchev–Trinajstić information content (AvgIpc) is 2.85. The van der Waals surface area contributed by atoms with Gasteiger partial charge in [0.15, 0.2) is 0 Å². The number of benzene rings is 2. The smallest absolute Gasteiger partial charge is 0.471 e. The van der Waals surface area contributed by atoms with Crippen molar-refractivity contribution >= 4 is 48.3 Å². The Morgan fingerprint density at radius 3 is 2.50 bits per heavy atom. The van der Waals surface area contributed by atoms with E-state index in [-0.39, 0.29) is 12.3 Å². The molecule has 0 spiro atoms. The van der Waals surface area contributed by atoms with Gasteiger partial charge in [0.05, 0.1) is 28.0 Å². The third-order valence-electron chi connectivity index (χ3n) is 6.39. The number of anilines is 2. The van der Waals surface area contributed by atoms with Crippen molar-refractivity contribution in [3.05, 3.63) is 52.0 Å². The Morgan fingerprint density at radius 2 is 1.75 bits per heavy atom. The number of nitrogens with zero attached hydrogens (tertiary/aromatic N) is 3. The van der Waals surface area contributed by atoms with Gasteiger partial charge in [-0.1, -0.05) is 35.3 Å². The largest absolute Gasteiger partial charge is 0.494 e. The normalized spacial score (nSPS) is 16.8. The predicted molar refractivity (Wildman–Crippen MR) is 140 cm³/mol. The molecular weight excluding hydrogens is 528 g/mol. The van der Waals surface area contributed by atoms with E-state index >= 15 is 0 Å². The Bertz CT molecular complexity index is 1120. The first-order valence-corrected chi connectivity index (χ1v) is 14.2. The van der Waals surface area contributed by atoms with Crippen molar-refractivity contribution < 1.29 is 28.4 Å². The van der Waals surface area contributed by atoms with Crippen molar-refractivity contribution in [2.45, 2.75) is 25.7 Å². The van der Waals surface area contributed by atoms with Crippen LogP contribution >= 0.6 is 31.0 Å². The molecule has 2 N–H and O–H groups in total. The number of carbonyl (C=O) groups is 1. The third-order valence-corrected chi connectivity index (χ3v) is 7.65. The molecule has 2 aliphatic rings. The molecule has 2 aliphatic heterocycles. The number of rotatable bonds is 10. The van der Waals surface area contributed by atoms with Gasteiger partial charge in [0.2, 0.25) is 5.91 Å². The number of halogens is 2. The summed E-state index contributed by atoms with van der Waals surface area (Å²) in [5.74, 6) is 0.363. The van der Waals surface area contributed by atoms with Gasteiger partial charge in [-0.15, -0.1) is 0 Å². The van der Waals surface area contributed by atoms with E-state index in [0.29, 0.717) is 34.5 Å². The number of hydrogen-bond donors (Lipinski definition) is 2. The molecule has 2 heterocycles. The number of unbranched alkanes of at least 4 members (excludes halogenated alkanes) is 1. The molecule has 12 heteroatoms. The molecule has 0 radical (unpaired) electrons. The number of carbonyl (C=O) groups excluding carboxylic acids is 1. The number of hydrogen-bond acceptors (Lipinski definition) is 6. The number of ether oxygens (including phenoxy) is 1. The molecule has 2 aromatic rings. The highest BCUT2D eigenvalue weighted by Crippen LogP contribution is 2.38. The van der Waals surface area contributed by atoms with Crippen LogP contribution in [0.3, 0.4) is 0 Å². The fourth-order valence-corrected chi connectivity index (χ4v) is 5.14. The SMILES string of the molecule is O=C1CCc2ccc(OCCCCN3CCN(c4cccc(Cl)c4Cl)CC3)cc2N1COP(=O)(O)O. The van der Waals surface area contributed by atoms with Crippen LogP contribution in [-0.4, -0.2) is 66.7 Å².